The number of ether oxygens (including phenoxy) is 1. The lowest BCUT2D eigenvalue weighted by Gasteiger charge is -2.07. The molecule has 1 amide bonds. The van der Waals surface area contributed by atoms with E-state index in [1.807, 2.05) is 36.6 Å². The molecule has 2 aromatic carbocycles. The van der Waals surface area contributed by atoms with Crippen LogP contribution in [0.2, 0.25) is 0 Å². The Balaban J connectivity index is 1.74. The van der Waals surface area contributed by atoms with Gasteiger partial charge in [-0.2, -0.15) is 0 Å². The molecule has 5 nitrogen and oxygen atoms in total. The first-order valence-electron chi connectivity index (χ1n) is 7.59. The van der Waals surface area contributed by atoms with Crippen molar-refractivity contribution >= 4 is 28.9 Å². The summed E-state index contributed by atoms with van der Waals surface area (Å²) < 4.78 is 4.67. The third kappa shape index (κ3) is 3.92. The molecule has 25 heavy (non-hydrogen) atoms. The van der Waals surface area contributed by atoms with Gasteiger partial charge in [0.25, 0.3) is 5.91 Å². The summed E-state index contributed by atoms with van der Waals surface area (Å²) in [5, 5.41) is 5.83. The fraction of sp³-hybridized carbons (Fsp3) is 0.105. The normalized spacial score (nSPS) is 10.3. The van der Waals surface area contributed by atoms with Crippen molar-refractivity contribution in [3.8, 4) is 11.3 Å². The highest BCUT2D eigenvalue weighted by Crippen LogP contribution is 2.23. The third-order valence-corrected chi connectivity index (χ3v) is 4.38. The minimum atomic E-state index is -0.474. The van der Waals surface area contributed by atoms with Crippen molar-refractivity contribution in [1.29, 1.82) is 0 Å². The van der Waals surface area contributed by atoms with Gasteiger partial charge in [-0.3, -0.25) is 4.79 Å². The van der Waals surface area contributed by atoms with Crippen molar-refractivity contribution in [3.63, 3.8) is 0 Å². The van der Waals surface area contributed by atoms with E-state index in [2.05, 4.69) is 15.0 Å². The fourth-order valence-electron chi connectivity index (χ4n) is 2.33. The number of esters is 1. The molecular weight excluding hydrogens is 336 g/mol. The average molecular weight is 352 g/mol. The van der Waals surface area contributed by atoms with Crippen molar-refractivity contribution in [2.75, 3.05) is 12.4 Å². The van der Waals surface area contributed by atoms with Gasteiger partial charge in [0.05, 0.1) is 23.4 Å². The lowest BCUT2D eigenvalue weighted by atomic mass is 10.1. The second-order valence-electron chi connectivity index (χ2n) is 5.36. The number of carbonyl (C=O) groups excluding carboxylic acids is 2. The number of benzene rings is 2. The smallest absolute Gasteiger partial charge is 0.337 e. The number of hydrogen-bond donors (Lipinski definition) is 1. The highest BCUT2D eigenvalue weighted by molar-refractivity contribution is 7.09. The van der Waals surface area contributed by atoms with Gasteiger partial charge in [-0.25, -0.2) is 9.78 Å². The van der Waals surface area contributed by atoms with Gasteiger partial charge >= 0.3 is 5.97 Å². The number of methoxy groups -OCH3 is 1. The Bertz CT molecular complexity index is 916. The molecule has 1 N–H and O–H groups in total. The van der Waals surface area contributed by atoms with Crippen LogP contribution in [0, 0.1) is 6.92 Å². The molecule has 0 atom stereocenters. The summed E-state index contributed by atoms with van der Waals surface area (Å²) in [5.41, 5.74) is 3.32. The van der Waals surface area contributed by atoms with Gasteiger partial charge in [0.2, 0.25) is 0 Å². The molecule has 0 aliphatic heterocycles. The molecule has 0 saturated carbocycles. The molecule has 0 saturated heterocycles. The minimum absolute atomic E-state index is 0.289. The molecule has 3 aromatic rings. The molecule has 1 heterocycles. The van der Waals surface area contributed by atoms with E-state index < -0.39 is 5.97 Å². The fourth-order valence-corrected chi connectivity index (χ4v) is 2.95. The van der Waals surface area contributed by atoms with Gasteiger partial charge in [0.1, 0.15) is 0 Å². The molecule has 0 aliphatic carbocycles. The average Bonchev–Trinajstić information content (AvgIpc) is 3.08. The Morgan fingerprint density at radius 1 is 1.08 bits per heavy atom. The Morgan fingerprint density at radius 2 is 1.80 bits per heavy atom. The Labute approximate surface area is 149 Å². The van der Waals surface area contributed by atoms with Gasteiger partial charge < -0.3 is 10.1 Å². The monoisotopic (exact) mass is 352 g/mol. The number of nitrogens with zero attached hydrogens (tertiary/aromatic N) is 1. The van der Waals surface area contributed by atoms with Gasteiger partial charge in [-0.1, -0.05) is 18.2 Å². The van der Waals surface area contributed by atoms with E-state index in [-0.39, 0.29) is 5.91 Å². The zero-order valence-electron chi connectivity index (χ0n) is 13.8. The zero-order valence-corrected chi connectivity index (χ0v) is 14.6. The summed E-state index contributed by atoms with van der Waals surface area (Å²) in [6, 6.07) is 13.9. The summed E-state index contributed by atoms with van der Waals surface area (Å²) in [7, 11) is 1.31. The number of hydrogen-bond acceptors (Lipinski definition) is 5. The van der Waals surface area contributed by atoms with E-state index in [0.717, 1.165) is 16.3 Å². The van der Waals surface area contributed by atoms with Crippen LogP contribution in [0.3, 0.4) is 0 Å². The molecule has 0 fully saturated rings. The van der Waals surface area contributed by atoms with Gasteiger partial charge in [-0.05, 0) is 37.3 Å². The van der Waals surface area contributed by atoms with Gasteiger partial charge in [0, 0.05) is 22.2 Å². The Morgan fingerprint density at radius 3 is 2.44 bits per heavy atom. The zero-order chi connectivity index (χ0) is 17.8. The summed E-state index contributed by atoms with van der Waals surface area (Å²) in [4.78, 5) is 28.4. The van der Waals surface area contributed by atoms with E-state index in [9.17, 15) is 9.59 Å². The van der Waals surface area contributed by atoms with Crippen LogP contribution in [0.4, 0.5) is 5.69 Å². The van der Waals surface area contributed by atoms with Crippen LogP contribution >= 0.6 is 11.3 Å². The first kappa shape index (κ1) is 16.9. The van der Waals surface area contributed by atoms with Crippen LogP contribution < -0.4 is 5.32 Å². The second-order valence-corrected chi connectivity index (χ2v) is 6.42. The summed E-state index contributed by atoms with van der Waals surface area (Å²) in [6.07, 6.45) is 0. The van der Waals surface area contributed by atoms with Crippen LogP contribution in [0.1, 0.15) is 25.7 Å². The second kappa shape index (κ2) is 7.27. The minimum Gasteiger partial charge on any atom is -0.465 e. The number of aromatic nitrogens is 1. The topological polar surface area (TPSA) is 68.3 Å². The quantitative estimate of drug-likeness (QED) is 0.716. The van der Waals surface area contributed by atoms with Crippen LogP contribution in [-0.2, 0) is 4.74 Å². The third-order valence-electron chi connectivity index (χ3n) is 3.60. The Kier molecular flexibility index (Phi) is 4.90. The van der Waals surface area contributed by atoms with Crippen molar-refractivity contribution in [1.82, 2.24) is 4.98 Å². The number of amides is 1. The number of carbonyl (C=O) groups is 2. The van der Waals surface area contributed by atoms with E-state index in [0.29, 0.717) is 16.8 Å². The highest BCUT2D eigenvalue weighted by atomic mass is 32.1. The van der Waals surface area contributed by atoms with Crippen molar-refractivity contribution in [2.24, 2.45) is 0 Å². The standard InChI is InChI=1S/C19H16N2O3S/c1-12-20-17(11-25-12)13-6-8-16(9-7-13)21-18(22)14-4-3-5-15(10-14)19(23)24-2/h3-11H,1-2H3,(H,21,22). The van der Waals surface area contributed by atoms with Crippen LogP contribution in [0.5, 0.6) is 0 Å². The molecule has 0 aliphatic rings. The first-order chi connectivity index (χ1) is 12.1. The maximum absolute atomic E-state index is 12.4. The summed E-state index contributed by atoms with van der Waals surface area (Å²) in [6.45, 7) is 1.96. The van der Waals surface area contributed by atoms with Crippen molar-refractivity contribution < 1.29 is 14.3 Å². The molecule has 1 aromatic heterocycles. The molecule has 0 spiro atoms. The van der Waals surface area contributed by atoms with E-state index in [4.69, 9.17) is 0 Å². The van der Waals surface area contributed by atoms with Crippen LogP contribution in [0.15, 0.2) is 53.9 Å². The van der Waals surface area contributed by atoms with E-state index >= 15 is 0 Å². The van der Waals surface area contributed by atoms with Crippen molar-refractivity contribution in [2.45, 2.75) is 6.92 Å². The highest BCUT2D eigenvalue weighted by Gasteiger charge is 2.11. The molecule has 3 rings (SSSR count). The number of rotatable bonds is 4. The maximum atomic E-state index is 12.4. The van der Waals surface area contributed by atoms with Gasteiger partial charge in [0.15, 0.2) is 0 Å². The molecular formula is C19H16N2O3S. The van der Waals surface area contributed by atoms with Crippen LogP contribution in [0.25, 0.3) is 11.3 Å². The summed E-state index contributed by atoms with van der Waals surface area (Å²) >= 11 is 1.60. The summed E-state index contributed by atoms with van der Waals surface area (Å²) in [5.74, 6) is -0.763. The first-order valence-corrected chi connectivity index (χ1v) is 8.47. The SMILES string of the molecule is COC(=O)c1cccc(C(=O)Nc2ccc(-c3csc(C)n3)cc2)c1. The molecule has 0 radical (unpaired) electrons. The molecule has 6 heteroatoms. The van der Waals surface area contributed by atoms with E-state index in [1.165, 1.54) is 13.2 Å². The molecule has 0 bridgehead atoms. The number of thiazole rings is 1. The number of aryl methyl sites for hydroxylation is 1. The number of nitrogens with one attached hydrogen (secondary N) is 1. The lowest BCUT2D eigenvalue weighted by Crippen LogP contribution is -2.13. The van der Waals surface area contributed by atoms with Crippen LogP contribution in [-0.4, -0.2) is 24.0 Å². The predicted octanol–water partition coefficient (Wildman–Crippen LogP) is 4.16. The van der Waals surface area contributed by atoms with Crippen molar-refractivity contribution in [3.05, 3.63) is 70.0 Å². The largest absolute Gasteiger partial charge is 0.465 e. The predicted molar refractivity (Wildman–Crippen MR) is 98.0 cm³/mol. The molecule has 126 valence electrons. The lowest BCUT2D eigenvalue weighted by molar-refractivity contribution is 0.0600. The van der Waals surface area contributed by atoms with E-state index in [1.54, 1.807) is 29.5 Å². The number of anilines is 1. The molecule has 0 unspecified atom stereocenters. The Hall–Kier alpha value is -2.99. The maximum Gasteiger partial charge on any atom is 0.337 e. The van der Waals surface area contributed by atoms with Gasteiger partial charge in [-0.15, -0.1) is 11.3 Å².